The van der Waals surface area contributed by atoms with Crippen LogP contribution in [-0.2, 0) is 20.0 Å². The summed E-state index contributed by atoms with van der Waals surface area (Å²) in [6.07, 6.45) is 3.22. The Hall–Kier alpha value is -0.540. The Morgan fingerprint density at radius 2 is 2.27 bits per heavy atom. The molecule has 0 bridgehead atoms. The lowest BCUT2D eigenvalue weighted by atomic mass is 10.3. The van der Waals surface area contributed by atoms with Crippen LogP contribution >= 0.6 is 11.6 Å². The van der Waals surface area contributed by atoms with Crippen LogP contribution in [0.3, 0.4) is 0 Å². The molecule has 1 aromatic rings. The van der Waals surface area contributed by atoms with E-state index in [2.05, 4.69) is 23.4 Å². The third-order valence-electron chi connectivity index (χ3n) is 2.43. The predicted octanol–water partition coefficient (Wildman–Crippen LogP) is 2.09. The maximum atomic E-state index is 5.60. The normalized spacial score (nSPS) is 10.9. The van der Waals surface area contributed by atoms with E-state index in [1.54, 1.807) is 0 Å². The highest BCUT2D eigenvalue weighted by molar-refractivity contribution is 6.17. The summed E-state index contributed by atoms with van der Waals surface area (Å²) in [4.78, 5) is 0. The van der Waals surface area contributed by atoms with Crippen LogP contribution in [0.2, 0.25) is 0 Å². The van der Waals surface area contributed by atoms with E-state index in [9.17, 15) is 0 Å². The van der Waals surface area contributed by atoms with Crippen LogP contribution in [0.5, 0.6) is 0 Å². The first kappa shape index (κ1) is 12.5. The van der Waals surface area contributed by atoms with Crippen LogP contribution in [0, 0.1) is 0 Å². The van der Waals surface area contributed by atoms with Crippen LogP contribution in [-0.4, -0.2) is 22.2 Å². The van der Waals surface area contributed by atoms with Gasteiger partial charge < -0.3 is 5.32 Å². The summed E-state index contributed by atoms with van der Waals surface area (Å²) in [5, 5.41) is 7.80. The summed E-state index contributed by atoms with van der Waals surface area (Å²) in [7, 11) is 1.99. The molecule has 0 aliphatic carbocycles. The molecule has 15 heavy (non-hydrogen) atoms. The van der Waals surface area contributed by atoms with E-state index in [0.717, 1.165) is 43.9 Å². The lowest BCUT2D eigenvalue weighted by molar-refractivity contribution is 0.602. The van der Waals surface area contributed by atoms with Gasteiger partial charge in [-0.05, 0) is 31.9 Å². The molecular weight excluding hydrogens is 210 g/mol. The van der Waals surface area contributed by atoms with E-state index in [0.29, 0.717) is 0 Å². The predicted molar refractivity (Wildman–Crippen MR) is 64.2 cm³/mol. The average molecular weight is 230 g/mol. The molecule has 0 fully saturated rings. The van der Waals surface area contributed by atoms with Crippen LogP contribution in [0.4, 0.5) is 0 Å². The number of nitrogens with one attached hydrogen (secondary N) is 1. The van der Waals surface area contributed by atoms with Crippen molar-refractivity contribution in [1.82, 2.24) is 15.1 Å². The van der Waals surface area contributed by atoms with Crippen LogP contribution < -0.4 is 5.32 Å². The van der Waals surface area contributed by atoms with Gasteiger partial charge in [-0.1, -0.05) is 6.92 Å². The molecule has 0 aliphatic rings. The number of alkyl halides is 1. The molecule has 1 aromatic heterocycles. The van der Waals surface area contributed by atoms with Crippen LogP contribution in [0.1, 0.15) is 31.2 Å². The maximum absolute atomic E-state index is 5.60. The summed E-state index contributed by atoms with van der Waals surface area (Å²) in [5.41, 5.74) is 2.41. The fraction of sp³-hybridized carbons (Fsp3) is 0.727. The van der Waals surface area contributed by atoms with Gasteiger partial charge in [0.25, 0.3) is 0 Å². The van der Waals surface area contributed by atoms with Crippen molar-refractivity contribution in [2.75, 3.05) is 12.4 Å². The first-order chi connectivity index (χ1) is 7.27. The molecule has 0 amide bonds. The van der Waals surface area contributed by atoms with E-state index >= 15 is 0 Å². The van der Waals surface area contributed by atoms with Crippen molar-refractivity contribution >= 4 is 11.6 Å². The maximum Gasteiger partial charge on any atom is 0.0625 e. The van der Waals surface area contributed by atoms with Crippen molar-refractivity contribution in [1.29, 1.82) is 0 Å². The molecule has 3 nitrogen and oxygen atoms in total. The van der Waals surface area contributed by atoms with Crippen molar-refractivity contribution in [3.8, 4) is 0 Å². The number of rotatable bonds is 7. The molecule has 0 saturated heterocycles. The molecule has 0 unspecified atom stereocenters. The Bertz CT molecular complexity index is 283. The van der Waals surface area contributed by atoms with E-state index in [1.807, 2.05) is 11.7 Å². The molecule has 0 aliphatic heterocycles. The number of aromatic nitrogens is 2. The van der Waals surface area contributed by atoms with E-state index < -0.39 is 0 Å². The largest absolute Gasteiger partial charge is 0.311 e. The van der Waals surface area contributed by atoms with E-state index in [4.69, 9.17) is 11.6 Å². The van der Waals surface area contributed by atoms with Crippen LogP contribution in [0.15, 0.2) is 6.07 Å². The topological polar surface area (TPSA) is 29.9 Å². The third kappa shape index (κ3) is 4.22. The highest BCUT2D eigenvalue weighted by Crippen LogP contribution is 2.03. The first-order valence-electron chi connectivity index (χ1n) is 5.56. The lowest BCUT2D eigenvalue weighted by Crippen LogP contribution is -2.16. The van der Waals surface area contributed by atoms with Gasteiger partial charge in [-0.25, -0.2) is 0 Å². The van der Waals surface area contributed by atoms with Gasteiger partial charge in [0.15, 0.2) is 0 Å². The number of hydrogen-bond acceptors (Lipinski definition) is 2. The number of hydrogen-bond donors (Lipinski definition) is 1. The monoisotopic (exact) mass is 229 g/mol. The lowest BCUT2D eigenvalue weighted by Gasteiger charge is -2.03. The van der Waals surface area contributed by atoms with Gasteiger partial charge in [-0.2, -0.15) is 5.10 Å². The minimum atomic E-state index is 0.757. The van der Waals surface area contributed by atoms with Gasteiger partial charge in [0.05, 0.1) is 11.4 Å². The quantitative estimate of drug-likeness (QED) is 0.573. The highest BCUT2D eigenvalue weighted by Gasteiger charge is 2.02. The summed E-state index contributed by atoms with van der Waals surface area (Å²) in [6.45, 7) is 4.05. The van der Waals surface area contributed by atoms with Crippen molar-refractivity contribution in [3.63, 3.8) is 0 Å². The molecule has 0 radical (unpaired) electrons. The fourth-order valence-electron chi connectivity index (χ4n) is 1.47. The second-order valence-electron chi connectivity index (χ2n) is 3.68. The van der Waals surface area contributed by atoms with E-state index in [-0.39, 0.29) is 0 Å². The second kappa shape index (κ2) is 6.85. The van der Waals surface area contributed by atoms with Crippen LogP contribution in [0.25, 0.3) is 0 Å². The van der Waals surface area contributed by atoms with Gasteiger partial charge in [0.2, 0.25) is 0 Å². The Morgan fingerprint density at radius 1 is 1.47 bits per heavy atom. The number of nitrogens with zero attached hydrogens (tertiary/aromatic N) is 2. The molecule has 1 heterocycles. The molecule has 0 spiro atoms. The average Bonchev–Trinajstić information content (AvgIpc) is 2.59. The van der Waals surface area contributed by atoms with Gasteiger partial charge in [-0.3, -0.25) is 4.68 Å². The summed E-state index contributed by atoms with van der Waals surface area (Å²) < 4.78 is 1.95. The van der Waals surface area contributed by atoms with Crippen molar-refractivity contribution in [2.45, 2.75) is 32.7 Å². The fourth-order valence-corrected chi connectivity index (χ4v) is 1.66. The molecule has 0 atom stereocenters. The van der Waals surface area contributed by atoms with Gasteiger partial charge in [-0.15, -0.1) is 11.6 Å². The minimum absolute atomic E-state index is 0.757. The smallest absolute Gasteiger partial charge is 0.0625 e. The van der Waals surface area contributed by atoms with E-state index in [1.165, 1.54) is 5.69 Å². The number of aryl methyl sites for hydroxylation is 2. The van der Waals surface area contributed by atoms with Gasteiger partial charge in [0, 0.05) is 19.5 Å². The highest BCUT2D eigenvalue weighted by atomic mass is 35.5. The standard InChI is InChI=1S/C11H20ClN3/c1-3-10-8-11(15(2)14-10)9-13-7-5-4-6-12/h8,13H,3-7,9H2,1-2H3. The summed E-state index contributed by atoms with van der Waals surface area (Å²) >= 11 is 5.60. The zero-order valence-electron chi connectivity index (χ0n) is 9.59. The zero-order valence-corrected chi connectivity index (χ0v) is 10.3. The van der Waals surface area contributed by atoms with Crippen molar-refractivity contribution < 1.29 is 0 Å². The first-order valence-corrected chi connectivity index (χ1v) is 6.09. The molecule has 86 valence electrons. The number of halogens is 1. The Morgan fingerprint density at radius 3 is 2.87 bits per heavy atom. The Balaban J connectivity index is 2.27. The Kier molecular flexibility index (Phi) is 5.73. The second-order valence-corrected chi connectivity index (χ2v) is 4.06. The Labute approximate surface area is 96.8 Å². The molecule has 4 heteroatoms. The summed E-state index contributed by atoms with van der Waals surface area (Å²) in [6, 6.07) is 2.16. The molecule has 1 N–H and O–H groups in total. The molecule has 1 rings (SSSR count). The third-order valence-corrected chi connectivity index (χ3v) is 2.70. The zero-order chi connectivity index (χ0) is 11.1. The molecule has 0 saturated carbocycles. The SMILES string of the molecule is CCc1cc(CNCCCCCl)n(C)n1. The molecular formula is C11H20ClN3. The summed E-state index contributed by atoms with van der Waals surface area (Å²) in [5.74, 6) is 0.757. The number of unbranched alkanes of at least 4 members (excludes halogenated alkanes) is 1. The van der Waals surface area contributed by atoms with Gasteiger partial charge in [0.1, 0.15) is 0 Å². The van der Waals surface area contributed by atoms with Gasteiger partial charge >= 0.3 is 0 Å². The minimum Gasteiger partial charge on any atom is -0.311 e. The molecule has 0 aromatic carbocycles. The van der Waals surface area contributed by atoms with Crippen molar-refractivity contribution in [3.05, 3.63) is 17.5 Å². The van der Waals surface area contributed by atoms with Crippen molar-refractivity contribution in [2.24, 2.45) is 7.05 Å².